The van der Waals surface area contributed by atoms with Crippen molar-refractivity contribution in [2.75, 3.05) is 12.4 Å². The van der Waals surface area contributed by atoms with Gasteiger partial charge in [0.2, 0.25) is 0 Å². The number of benzene rings is 1. The zero-order valence-corrected chi connectivity index (χ0v) is 13.9. The van der Waals surface area contributed by atoms with E-state index in [2.05, 4.69) is 47.1 Å². The van der Waals surface area contributed by atoms with Crippen LogP contribution in [0.3, 0.4) is 0 Å². The highest BCUT2D eigenvalue weighted by Gasteiger charge is 2.06. The predicted octanol–water partition coefficient (Wildman–Crippen LogP) is 4.55. The fraction of sp³-hybridized carbons (Fsp3) is 0.167. The van der Waals surface area contributed by atoms with E-state index in [1.807, 2.05) is 18.2 Å². The third-order valence-corrected chi connectivity index (χ3v) is 3.55. The van der Waals surface area contributed by atoms with Gasteiger partial charge >= 0.3 is 0 Å². The summed E-state index contributed by atoms with van der Waals surface area (Å²) >= 11 is 12.8. The Labute approximate surface area is 132 Å². The minimum absolute atomic E-state index is 0.316. The van der Waals surface area contributed by atoms with E-state index in [0.29, 0.717) is 23.4 Å². The van der Waals surface area contributed by atoms with E-state index in [-0.39, 0.29) is 0 Å². The lowest BCUT2D eigenvalue weighted by atomic mass is 10.3. The van der Waals surface area contributed by atoms with Crippen molar-refractivity contribution >= 4 is 55.0 Å². The summed E-state index contributed by atoms with van der Waals surface area (Å²) < 4.78 is 6.91. The Morgan fingerprint density at radius 3 is 2.74 bits per heavy atom. The monoisotopic (exact) mass is 405 g/mol. The van der Waals surface area contributed by atoms with Crippen molar-refractivity contribution in [3.8, 4) is 0 Å². The van der Waals surface area contributed by atoms with Crippen molar-refractivity contribution in [2.24, 2.45) is 0 Å². The normalized spacial score (nSPS) is 10.5. The van der Waals surface area contributed by atoms with Crippen LogP contribution in [0.25, 0.3) is 0 Å². The van der Waals surface area contributed by atoms with Crippen molar-refractivity contribution in [3.63, 3.8) is 0 Å². The number of rotatable bonds is 4. The smallest absolute Gasteiger partial charge is 0.158 e. The maximum atomic E-state index is 5.95. The second-order valence-corrected chi connectivity index (χ2v) is 5.83. The maximum Gasteiger partial charge on any atom is 0.158 e. The first-order valence-corrected chi connectivity index (χ1v) is 7.29. The van der Waals surface area contributed by atoms with Gasteiger partial charge in [-0.3, -0.25) is 0 Å². The molecule has 0 aliphatic heterocycles. The van der Waals surface area contributed by atoms with Gasteiger partial charge < -0.3 is 10.1 Å². The summed E-state index contributed by atoms with van der Waals surface area (Å²) in [4.78, 5) is 8.39. The van der Waals surface area contributed by atoms with Crippen molar-refractivity contribution < 1.29 is 4.74 Å². The van der Waals surface area contributed by atoms with Gasteiger partial charge in [0.25, 0.3) is 0 Å². The van der Waals surface area contributed by atoms with E-state index in [9.17, 15) is 0 Å². The molecular weight excluding hydrogens is 397 g/mol. The summed E-state index contributed by atoms with van der Waals surface area (Å²) in [5.74, 6) is 1.15. The number of methoxy groups -OCH3 is 1. The Morgan fingerprint density at radius 2 is 2.05 bits per heavy atom. The fourth-order valence-corrected chi connectivity index (χ4v) is 2.80. The van der Waals surface area contributed by atoms with Gasteiger partial charge in [-0.2, -0.15) is 0 Å². The SMILES string of the molecule is COCc1nc(Cl)cc(Nc2ccc(Br)cc2Br)n1. The van der Waals surface area contributed by atoms with E-state index < -0.39 is 0 Å². The number of halogens is 3. The number of nitrogens with one attached hydrogen (secondary N) is 1. The summed E-state index contributed by atoms with van der Waals surface area (Å²) in [6, 6.07) is 7.47. The highest BCUT2D eigenvalue weighted by atomic mass is 79.9. The minimum atomic E-state index is 0.316. The zero-order chi connectivity index (χ0) is 13.8. The molecule has 0 saturated carbocycles. The molecule has 1 aromatic heterocycles. The van der Waals surface area contributed by atoms with Crippen molar-refractivity contribution in [3.05, 3.63) is 44.2 Å². The summed E-state index contributed by atoms with van der Waals surface area (Å²) in [5.41, 5.74) is 0.890. The molecule has 0 radical (unpaired) electrons. The number of hydrogen-bond acceptors (Lipinski definition) is 4. The minimum Gasteiger partial charge on any atom is -0.377 e. The molecule has 0 amide bonds. The van der Waals surface area contributed by atoms with Gasteiger partial charge in [-0.15, -0.1) is 0 Å². The average molecular weight is 407 g/mol. The van der Waals surface area contributed by atoms with Crippen LogP contribution in [0.5, 0.6) is 0 Å². The highest BCUT2D eigenvalue weighted by molar-refractivity contribution is 9.11. The Balaban J connectivity index is 2.27. The Kier molecular flexibility index (Phi) is 5.15. The lowest BCUT2D eigenvalue weighted by molar-refractivity contribution is 0.178. The summed E-state index contributed by atoms with van der Waals surface area (Å²) in [6.45, 7) is 0.316. The topological polar surface area (TPSA) is 47.0 Å². The molecule has 1 N–H and O–H groups in total. The molecule has 0 saturated heterocycles. The molecule has 0 fully saturated rings. The van der Waals surface area contributed by atoms with Crippen LogP contribution in [0.4, 0.5) is 11.5 Å². The number of anilines is 2. The standard InChI is InChI=1S/C12H10Br2ClN3O/c1-19-6-12-17-10(15)5-11(18-12)16-9-3-2-7(13)4-8(9)14/h2-5H,6H2,1H3,(H,16,17,18). The molecule has 2 aromatic rings. The quantitative estimate of drug-likeness (QED) is 0.756. The lowest BCUT2D eigenvalue weighted by Gasteiger charge is -2.09. The lowest BCUT2D eigenvalue weighted by Crippen LogP contribution is -2.02. The Morgan fingerprint density at radius 1 is 1.26 bits per heavy atom. The number of aromatic nitrogens is 2. The molecule has 0 spiro atoms. The molecule has 0 aliphatic rings. The van der Waals surface area contributed by atoms with Crippen LogP contribution in [0.15, 0.2) is 33.2 Å². The first kappa shape index (κ1) is 14.7. The number of nitrogens with zero attached hydrogens (tertiary/aromatic N) is 2. The van der Waals surface area contributed by atoms with Gasteiger partial charge in [0.05, 0.1) is 5.69 Å². The van der Waals surface area contributed by atoms with Crippen LogP contribution < -0.4 is 5.32 Å². The van der Waals surface area contributed by atoms with E-state index in [1.54, 1.807) is 13.2 Å². The first-order valence-electron chi connectivity index (χ1n) is 5.33. The number of ether oxygens (including phenoxy) is 1. The van der Waals surface area contributed by atoms with Gasteiger partial charge in [-0.1, -0.05) is 27.5 Å². The summed E-state index contributed by atoms with van der Waals surface area (Å²) in [6.07, 6.45) is 0. The summed E-state index contributed by atoms with van der Waals surface area (Å²) in [7, 11) is 1.59. The molecule has 100 valence electrons. The molecule has 0 unspecified atom stereocenters. The average Bonchev–Trinajstić information content (AvgIpc) is 2.32. The second kappa shape index (κ2) is 6.65. The Hall–Kier alpha value is -0.690. The molecular formula is C12H10Br2ClN3O. The van der Waals surface area contributed by atoms with Gasteiger partial charge in [-0.25, -0.2) is 9.97 Å². The first-order chi connectivity index (χ1) is 9.08. The molecule has 1 aromatic carbocycles. The molecule has 1 heterocycles. The van der Waals surface area contributed by atoms with E-state index in [1.165, 1.54) is 0 Å². The van der Waals surface area contributed by atoms with Gasteiger partial charge in [0, 0.05) is 22.1 Å². The van der Waals surface area contributed by atoms with Crippen LogP contribution in [-0.2, 0) is 11.3 Å². The van der Waals surface area contributed by atoms with Gasteiger partial charge in [0.15, 0.2) is 5.82 Å². The van der Waals surface area contributed by atoms with Crippen LogP contribution in [0, 0.1) is 0 Å². The van der Waals surface area contributed by atoms with Crippen LogP contribution in [-0.4, -0.2) is 17.1 Å². The molecule has 0 atom stereocenters. The van der Waals surface area contributed by atoms with Gasteiger partial charge in [0.1, 0.15) is 17.6 Å². The third-order valence-electron chi connectivity index (χ3n) is 2.21. The van der Waals surface area contributed by atoms with Crippen molar-refractivity contribution in [2.45, 2.75) is 6.61 Å². The van der Waals surface area contributed by atoms with E-state index in [0.717, 1.165) is 14.6 Å². The Bertz CT molecular complexity index is 595. The molecule has 0 bridgehead atoms. The molecule has 2 rings (SSSR count). The fourth-order valence-electron chi connectivity index (χ4n) is 1.45. The van der Waals surface area contributed by atoms with Crippen LogP contribution >= 0.6 is 43.5 Å². The third kappa shape index (κ3) is 4.14. The summed E-state index contributed by atoms with van der Waals surface area (Å²) in [5, 5.41) is 3.55. The van der Waals surface area contributed by atoms with Crippen LogP contribution in [0.1, 0.15) is 5.82 Å². The maximum absolute atomic E-state index is 5.95. The molecule has 0 aliphatic carbocycles. The molecule has 19 heavy (non-hydrogen) atoms. The zero-order valence-electron chi connectivity index (χ0n) is 9.95. The van der Waals surface area contributed by atoms with Crippen molar-refractivity contribution in [1.82, 2.24) is 9.97 Å². The number of hydrogen-bond donors (Lipinski definition) is 1. The predicted molar refractivity (Wildman–Crippen MR) is 82.9 cm³/mol. The van der Waals surface area contributed by atoms with E-state index in [4.69, 9.17) is 16.3 Å². The highest BCUT2D eigenvalue weighted by Crippen LogP contribution is 2.28. The largest absolute Gasteiger partial charge is 0.377 e. The van der Waals surface area contributed by atoms with Crippen LogP contribution in [0.2, 0.25) is 5.15 Å². The molecule has 4 nitrogen and oxygen atoms in total. The van der Waals surface area contributed by atoms with E-state index >= 15 is 0 Å². The van der Waals surface area contributed by atoms with Crippen molar-refractivity contribution in [1.29, 1.82) is 0 Å². The molecule has 7 heteroatoms. The van der Waals surface area contributed by atoms with Gasteiger partial charge in [-0.05, 0) is 34.1 Å². The second-order valence-electron chi connectivity index (χ2n) is 3.67.